The number of benzene rings is 1. The molecule has 0 amide bonds. The first-order chi connectivity index (χ1) is 43.1. The Morgan fingerprint density at radius 3 is 0.652 bits per heavy atom. The number of hydroxylamine groups is 8. The van der Waals surface area contributed by atoms with Crippen LogP contribution < -0.4 is 0 Å². The van der Waals surface area contributed by atoms with Gasteiger partial charge in [0.25, 0.3) is 0 Å². The van der Waals surface area contributed by atoms with Crippen LogP contribution in [0.3, 0.4) is 0 Å². The maximum atomic E-state index is 13.4. The fourth-order valence-corrected chi connectivity index (χ4v) is 18.7. The largest absolute Gasteiger partial charge is 0.462 e. The zero-order valence-corrected chi connectivity index (χ0v) is 60.4. The minimum Gasteiger partial charge on any atom is -0.462 e. The van der Waals surface area contributed by atoms with E-state index in [1.165, 1.54) is 77.0 Å². The van der Waals surface area contributed by atoms with E-state index in [9.17, 15) is 19.2 Å². The molecule has 0 N–H and O–H groups in total. The van der Waals surface area contributed by atoms with Gasteiger partial charge in [0.2, 0.25) is 0 Å². The van der Waals surface area contributed by atoms with E-state index in [1.807, 2.05) is 0 Å². The third-order valence-corrected chi connectivity index (χ3v) is 22.3. The molecule has 4 saturated heterocycles. The molecule has 5 aliphatic carbocycles. The quantitative estimate of drug-likeness (QED) is 0.114. The molecule has 92 heavy (non-hydrogen) atoms. The normalized spacial score (nSPS) is 29.1. The number of carbonyl (C=O) groups excluding carboxylic acids is 4. The van der Waals surface area contributed by atoms with Crippen molar-refractivity contribution in [2.75, 3.05) is 0 Å². The molecule has 0 bridgehead atoms. The third-order valence-electron chi connectivity index (χ3n) is 22.3. The van der Waals surface area contributed by atoms with Crippen LogP contribution in [-0.2, 0) is 47.9 Å². The molecule has 9 fully saturated rings. The Hall–Kier alpha value is -3.22. The van der Waals surface area contributed by atoms with E-state index in [0.717, 1.165) is 77.0 Å². The van der Waals surface area contributed by atoms with E-state index in [4.69, 9.17) is 38.3 Å². The molecule has 4 aliphatic heterocycles. The summed E-state index contributed by atoms with van der Waals surface area (Å²) < 4.78 is 24.6. The second-order valence-corrected chi connectivity index (χ2v) is 35.1. The third kappa shape index (κ3) is 18.7. The van der Waals surface area contributed by atoms with Gasteiger partial charge in [0.15, 0.2) is 0 Å². The lowest BCUT2D eigenvalue weighted by Crippen LogP contribution is -2.63. The summed E-state index contributed by atoms with van der Waals surface area (Å²) >= 11 is 0. The fourth-order valence-electron chi connectivity index (χ4n) is 18.7. The fraction of sp³-hybridized carbons (Fsp3) is 0.868. The Labute approximate surface area is 555 Å². The number of ether oxygens (including phenoxy) is 4. The van der Waals surface area contributed by atoms with Crippen molar-refractivity contribution in [3.8, 4) is 0 Å². The average molecular weight is 1290 g/mol. The van der Waals surface area contributed by atoms with Gasteiger partial charge < -0.3 is 18.9 Å². The van der Waals surface area contributed by atoms with Gasteiger partial charge in [-0.3, -0.25) is 28.9 Å². The Balaban J connectivity index is 0.000000217. The van der Waals surface area contributed by atoms with Gasteiger partial charge in [-0.15, -0.1) is 0 Å². The number of carbonyl (C=O) groups is 4. The van der Waals surface area contributed by atoms with E-state index in [0.29, 0.717) is 74.7 Å². The number of nitrogens with zero attached hydrogens (tertiary/aromatic N) is 4. The summed E-state index contributed by atoms with van der Waals surface area (Å²) in [5.41, 5.74) is -1.16. The summed E-state index contributed by atoms with van der Waals surface area (Å²) in [6, 6.07) is 6.69. The van der Waals surface area contributed by atoms with Gasteiger partial charge in [-0.2, -0.15) is 20.3 Å². The Kier molecular flexibility index (Phi) is 23.7. The lowest BCUT2D eigenvalue weighted by atomic mass is 9.79. The molecule has 1 aromatic carbocycles. The molecule has 16 nitrogen and oxygen atoms in total. The van der Waals surface area contributed by atoms with Crippen LogP contribution in [0.5, 0.6) is 0 Å². The first-order valence-corrected chi connectivity index (χ1v) is 36.9. The summed E-state index contributed by atoms with van der Waals surface area (Å²) in [5, 5.41) is 8.78. The molecule has 0 spiro atoms. The van der Waals surface area contributed by atoms with Gasteiger partial charge >= 0.3 is 23.9 Å². The minimum absolute atomic E-state index is 0.0982. The van der Waals surface area contributed by atoms with Crippen LogP contribution >= 0.6 is 0 Å². The molecule has 0 aromatic heterocycles. The van der Waals surface area contributed by atoms with Crippen molar-refractivity contribution >= 4 is 23.9 Å². The van der Waals surface area contributed by atoms with Crippen LogP contribution in [0, 0.1) is 11.8 Å². The van der Waals surface area contributed by atoms with Crippen LogP contribution in [0.4, 0.5) is 0 Å². The second-order valence-electron chi connectivity index (χ2n) is 35.1. The van der Waals surface area contributed by atoms with Gasteiger partial charge in [-0.25, -0.2) is 9.59 Å². The van der Waals surface area contributed by atoms with Crippen molar-refractivity contribution in [1.29, 1.82) is 0 Å². The van der Waals surface area contributed by atoms with E-state index in [-0.39, 0.29) is 117 Å². The summed E-state index contributed by atoms with van der Waals surface area (Å²) in [7, 11) is 0. The predicted molar refractivity (Wildman–Crippen MR) is 359 cm³/mol. The van der Waals surface area contributed by atoms with E-state index < -0.39 is 0 Å². The Morgan fingerprint density at radius 1 is 0.272 bits per heavy atom. The predicted octanol–water partition coefficient (Wildman–Crippen LogP) is 17.0. The van der Waals surface area contributed by atoms with Crippen LogP contribution in [0.25, 0.3) is 0 Å². The summed E-state index contributed by atoms with van der Waals surface area (Å²) in [6.07, 6.45) is 32.9. The molecule has 4 heterocycles. The molecule has 0 unspecified atom stereocenters. The zero-order chi connectivity index (χ0) is 66.7. The summed E-state index contributed by atoms with van der Waals surface area (Å²) in [5.74, 6) is -1.23. The summed E-state index contributed by atoms with van der Waals surface area (Å²) in [6.45, 7) is 35.1. The smallest absolute Gasteiger partial charge is 0.338 e. The first-order valence-electron chi connectivity index (χ1n) is 36.9. The van der Waals surface area contributed by atoms with Crippen molar-refractivity contribution in [1.82, 2.24) is 20.3 Å². The van der Waals surface area contributed by atoms with Crippen molar-refractivity contribution in [3.63, 3.8) is 0 Å². The molecule has 16 heteroatoms. The molecule has 522 valence electrons. The number of hydrogen-bond donors (Lipinski definition) is 0. The van der Waals surface area contributed by atoms with E-state index in [2.05, 4.69) is 131 Å². The minimum atomic E-state index is -0.369. The van der Waals surface area contributed by atoms with E-state index in [1.54, 1.807) is 24.3 Å². The average Bonchev–Trinajstić information content (AvgIpc) is 0.867. The van der Waals surface area contributed by atoms with Crippen molar-refractivity contribution in [2.24, 2.45) is 11.8 Å². The lowest BCUT2D eigenvalue weighted by Gasteiger charge is -2.54. The Bertz CT molecular complexity index is 2340. The number of esters is 4. The van der Waals surface area contributed by atoms with Crippen molar-refractivity contribution in [3.05, 3.63) is 35.4 Å². The highest BCUT2D eigenvalue weighted by atomic mass is 16.7. The standard InChI is InChI=1S/C38H66N2O6.C38H60N2O6/c2*1-35(2)23-31(24-36(3,4)39(35)45-29-15-11-9-12-16-29)43-33(41)27-19-21-28(22-20-27)34(42)44-32-25-37(5,6)40(38(7,8)26-32)46-30-17-13-10-14-18-30/h27-32H,9-26H2,1-8H3;19-22,29-32H,9-18,23-26H2,1-8H3. The molecule has 5 saturated carbocycles. The maximum Gasteiger partial charge on any atom is 0.338 e. The first kappa shape index (κ1) is 73.0. The van der Waals surface area contributed by atoms with Gasteiger partial charge in [-0.1, -0.05) is 77.0 Å². The molecule has 10 rings (SSSR count). The molecule has 0 atom stereocenters. The van der Waals surface area contributed by atoms with Crippen LogP contribution in [0.2, 0.25) is 0 Å². The maximum absolute atomic E-state index is 13.4. The molecular weight excluding hydrogens is 1160 g/mol. The zero-order valence-electron chi connectivity index (χ0n) is 60.4. The van der Waals surface area contributed by atoms with Gasteiger partial charge in [-0.05, 0) is 212 Å². The number of piperidine rings is 4. The van der Waals surface area contributed by atoms with Crippen LogP contribution in [0.1, 0.15) is 337 Å². The highest BCUT2D eigenvalue weighted by Crippen LogP contribution is 2.47. The van der Waals surface area contributed by atoms with Crippen molar-refractivity contribution in [2.45, 2.75) is 409 Å². The van der Waals surface area contributed by atoms with Gasteiger partial charge in [0, 0.05) is 95.7 Å². The Morgan fingerprint density at radius 2 is 0.457 bits per heavy atom. The van der Waals surface area contributed by atoms with Crippen molar-refractivity contribution < 1.29 is 57.5 Å². The lowest BCUT2D eigenvalue weighted by molar-refractivity contribution is -0.318. The molecule has 9 aliphatic rings. The van der Waals surface area contributed by atoms with E-state index >= 15 is 0 Å². The second kappa shape index (κ2) is 29.9. The van der Waals surface area contributed by atoms with Gasteiger partial charge in [0.1, 0.15) is 24.4 Å². The topological polar surface area (TPSA) is 155 Å². The van der Waals surface area contributed by atoms with Crippen LogP contribution in [-0.4, -0.2) is 137 Å². The van der Waals surface area contributed by atoms with Crippen LogP contribution in [0.15, 0.2) is 24.3 Å². The molecule has 1 aromatic rings. The summed E-state index contributed by atoms with van der Waals surface area (Å²) in [4.78, 5) is 79.7. The number of hydrogen-bond acceptors (Lipinski definition) is 16. The highest BCUT2D eigenvalue weighted by molar-refractivity contribution is 5.93. The number of rotatable bonds is 16. The monoisotopic (exact) mass is 1290 g/mol. The molecule has 0 radical (unpaired) electrons. The van der Waals surface area contributed by atoms with Gasteiger partial charge in [0.05, 0.1) is 47.4 Å². The highest BCUT2D eigenvalue weighted by Gasteiger charge is 2.53. The molecular formula is C76H126N4O12. The SMILES string of the molecule is CC1(C)CC(OC(=O)C2CCC(C(=O)OC3CC(C)(C)N(OC4CCCCC4)C(C)(C)C3)CC2)CC(C)(C)N1OC1CCCCC1.CC1(C)CC(OC(=O)c2ccc(C(=O)OC3CC(C)(C)N(OC4CCCCC4)C(C)(C)C3)cc2)CC(C)(C)N1OC1CCCCC1.